The Morgan fingerprint density at radius 3 is 2.77 bits per heavy atom. The number of halogens is 1. The van der Waals surface area contributed by atoms with Crippen molar-refractivity contribution in [3.05, 3.63) is 28.5 Å². The molecule has 0 radical (unpaired) electrons. The van der Waals surface area contributed by atoms with E-state index >= 15 is 0 Å². The second kappa shape index (κ2) is 3.39. The molecule has 1 heterocycles. The van der Waals surface area contributed by atoms with Gasteiger partial charge in [0.2, 0.25) is 0 Å². The maximum Gasteiger partial charge on any atom is 0.0413 e. The van der Waals surface area contributed by atoms with Crippen molar-refractivity contribution in [1.29, 1.82) is 0 Å². The van der Waals surface area contributed by atoms with Gasteiger partial charge < -0.3 is 5.73 Å². The van der Waals surface area contributed by atoms with E-state index in [2.05, 4.69) is 27.0 Å². The number of rotatable bonds is 2. The maximum absolute atomic E-state index is 5.83. The summed E-state index contributed by atoms with van der Waals surface area (Å²) in [7, 11) is 0. The van der Waals surface area contributed by atoms with Crippen LogP contribution in [-0.2, 0) is 5.41 Å². The zero-order valence-corrected chi connectivity index (χ0v) is 9.05. The predicted octanol–water partition coefficient (Wildman–Crippen LogP) is 2.22. The van der Waals surface area contributed by atoms with Crippen LogP contribution in [0.1, 0.15) is 24.8 Å². The van der Waals surface area contributed by atoms with E-state index in [1.54, 1.807) is 0 Å². The van der Waals surface area contributed by atoms with E-state index in [1.807, 2.05) is 12.4 Å². The average Bonchev–Trinajstić information content (AvgIpc) is 2.07. The number of hydrogen-bond donors (Lipinski definition) is 1. The number of pyridine rings is 1. The normalized spacial score (nSPS) is 19.5. The summed E-state index contributed by atoms with van der Waals surface area (Å²) in [4.78, 5) is 4.06. The molecule has 0 amide bonds. The molecule has 2 N–H and O–H groups in total. The van der Waals surface area contributed by atoms with E-state index in [-0.39, 0.29) is 5.41 Å². The molecule has 0 saturated heterocycles. The van der Waals surface area contributed by atoms with Crippen LogP contribution in [0.3, 0.4) is 0 Å². The van der Waals surface area contributed by atoms with Gasteiger partial charge in [0, 0.05) is 28.8 Å². The van der Waals surface area contributed by atoms with Crippen molar-refractivity contribution in [3.8, 4) is 0 Å². The van der Waals surface area contributed by atoms with Crippen LogP contribution in [0.25, 0.3) is 0 Å². The smallest absolute Gasteiger partial charge is 0.0413 e. The van der Waals surface area contributed by atoms with Crippen LogP contribution >= 0.6 is 15.9 Å². The highest BCUT2D eigenvalue weighted by Crippen LogP contribution is 2.44. The van der Waals surface area contributed by atoms with Gasteiger partial charge in [-0.25, -0.2) is 0 Å². The van der Waals surface area contributed by atoms with Crippen molar-refractivity contribution in [1.82, 2.24) is 4.98 Å². The molecule has 1 aromatic heterocycles. The maximum atomic E-state index is 5.83. The molecule has 3 heteroatoms. The molecule has 70 valence electrons. The topological polar surface area (TPSA) is 38.9 Å². The molecule has 1 fully saturated rings. The number of nitrogens with zero attached hydrogens (tertiary/aromatic N) is 1. The molecular formula is C10H13BrN2. The van der Waals surface area contributed by atoms with E-state index in [0.29, 0.717) is 0 Å². The Morgan fingerprint density at radius 1 is 1.54 bits per heavy atom. The lowest BCUT2D eigenvalue weighted by Crippen LogP contribution is -2.41. The zero-order valence-electron chi connectivity index (χ0n) is 7.46. The van der Waals surface area contributed by atoms with Gasteiger partial charge in [-0.3, -0.25) is 4.98 Å². The standard InChI is InChI=1S/C10H13BrN2/c11-9-6-13-5-2-8(9)10(7-12)3-1-4-10/h2,5-6H,1,3-4,7,12H2. The van der Waals surface area contributed by atoms with Crippen molar-refractivity contribution >= 4 is 15.9 Å². The third kappa shape index (κ3) is 1.40. The monoisotopic (exact) mass is 240 g/mol. The molecule has 13 heavy (non-hydrogen) atoms. The number of nitrogens with two attached hydrogens (primary N) is 1. The second-order valence-corrected chi connectivity index (χ2v) is 4.55. The average molecular weight is 241 g/mol. The summed E-state index contributed by atoms with van der Waals surface area (Å²) >= 11 is 3.53. The lowest BCUT2D eigenvalue weighted by Gasteiger charge is -2.41. The van der Waals surface area contributed by atoms with Crippen LogP contribution in [0.5, 0.6) is 0 Å². The first-order chi connectivity index (χ1) is 6.28. The molecule has 0 bridgehead atoms. The van der Waals surface area contributed by atoms with E-state index in [4.69, 9.17) is 5.73 Å². The van der Waals surface area contributed by atoms with E-state index in [9.17, 15) is 0 Å². The van der Waals surface area contributed by atoms with E-state index in [0.717, 1.165) is 11.0 Å². The van der Waals surface area contributed by atoms with Gasteiger partial charge in [0.1, 0.15) is 0 Å². The predicted molar refractivity (Wildman–Crippen MR) is 56.5 cm³/mol. The third-order valence-corrected chi connectivity index (χ3v) is 3.68. The molecule has 0 spiro atoms. The van der Waals surface area contributed by atoms with Gasteiger partial charge in [0.25, 0.3) is 0 Å². The Labute approximate surface area is 86.7 Å². The van der Waals surface area contributed by atoms with Crippen LogP contribution in [0, 0.1) is 0 Å². The van der Waals surface area contributed by atoms with Gasteiger partial charge in [-0.2, -0.15) is 0 Å². The molecule has 0 unspecified atom stereocenters. The van der Waals surface area contributed by atoms with Crippen LogP contribution in [0.2, 0.25) is 0 Å². The quantitative estimate of drug-likeness (QED) is 0.862. The van der Waals surface area contributed by atoms with Crippen molar-refractivity contribution in [2.75, 3.05) is 6.54 Å². The lowest BCUT2D eigenvalue weighted by molar-refractivity contribution is 0.251. The summed E-state index contributed by atoms with van der Waals surface area (Å²) in [5.41, 5.74) is 7.40. The Hall–Kier alpha value is -0.410. The first-order valence-electron chi connectivity index (χ1n) is 4.58. The Bertz CT molecular complexity index is 302. The molecule has 1 saturated carbocycles. The molecule has 1 aliphatic carbocycles. The fourth-order valence-electron chi connectivity index (χ4n) is 1.99. The molecule has 2 nitrogen and oxygen atoms in total. The highest BCUT2D eigenvalue weighted by atomic mass is 79.9. The second-order valence-electron chi connectivity index (χ2n) is 3.69. The largest absolute Gasteiger partial charge is 0.330 e. The van der Waals surface area contributed by atoms with Crippen LogP contribution < -0.4 is 5.73 Å². The van der Waals surface area contributed by atoms with Gasteiger partial charge in [0.05, 0.1) is 0 Å². The SMILES string of the molecule is NCC1(c2ccncc2Br)CCC1. The van der Waals surface area contributed by atoms with Gasteiger partial charge in [-0.15, -0.1) is 0 Å². The fraction of sp³-hybridized carbons (Fsp3) is 0.500. The Morgan fingerprint density at radius 2 is 2.31 bits per heavy atom. The van der Waals surface area contributed by atoms with Crippen molar-refractivity contribution < 1.29 is 0 Å². The number of aromatic nitrogens is 1. The summed E-state index contributed by atoms with van der Waals surface area (Å²) in [5.74, 6) is 0. The van der Waals surface area contributed by atoms with Crippen molar-refractivity contribution in [3.63, 3.8) is 0 Å². The van der Waals surface area contributed by atoms with Gasteiger partial charge in [0.15, 0.2) is 0 Å². The van der Waals surface area contributed by atoms with Crippen LogP contribution in [0.15, 0.2) is 22.9 Å². The van der Waals surface area contributed by atoms with E-state index in [1.165, 1.54) is 24.8 Å². The minimum absolute atomic E-state index is 0.238. The van der Waals surface area contributed by atoms with Gasteiger partial charge in [-0.1, -0.05) is 6.42 Å². The first-order valence-corrected chi connectivity index (χ1v) is 5.38. The molecule has 2 rings (SSSR count). The summed E-state index contributed by atoms with van der Waals surface area (Å²) in [5, 5.41) is 0. The first kappa shape index (κ1) is 9.16. The minimum atomic E-state index is 0.238. The van der Waals surface area contributed by atoms with Gasteiger partial charge >= 0.3 is 0 Å². The molecular weight excluding hydrogens is 228 g/mol. The minimum Gasteiger partial charge on any atom is -0.330 e. The highest BCUT2D eigenvalue weighted by Gasteiger charge is 2.38. The molecule has 1 aliphatic rings. The lowest BCUT2D eigenvalue weighted by atomic mass is 9.65. The summed E-state index contributed by atoms with van der Waals surface area (Å²) in [6, 6.07) is 2.08. The van der Waals surface area contributed by atoms with Crippen molar-refractivity contribution in [2.24, 2.45) is 5.73 Å². The number of hydrogen-bond acceptors (Lipinski definition) is 2. The molecule has 0 aromatic carbocycles. The van der Waals surface area contributed by atoms with Crippen LogP contribution in [-0.4, -0.2) is 11.5 Å². The molecule has 1 aromatic rings. The third-order valence-electron chi connectivity index (χ3n) is 3.05. The molecule has 0 atom stereocenters. The zero-order chi connectivity index (χ0) is 9.31. The molecule has 0 aliphatic heterocycles. The summed E-state index contributed by atoms with van der Waals surface area (Å²) < 4.78 is 1.10. The van der Waals surface area contributed by atoms with Crippen molar-refractivity contribution in [2.45, 2.75) is 24.7 Å². The Balaban J connectivity index is 2.38. The fourth-order valence-corrected chi connectivity index (χ4v) is 2.66. The van der Waals surface area contributed by atoms with E-state index < -0.39 is 0 Å². The summed E-state index contributed by atoms with van der Waals surface area (Å²) in [6.45, 7) is 0.746. The van der Waals surface area contributed by atoms with Crippen LogP contribution in [0.4, 0.5) is 0 Å². The summed E-state index contributed by atoms with van der Waals surface area (Å²) in [6.07, 6.45) is 7.42. The van der Waals surface area contributed by atoms with Gasteiger partial charge in [-0.05, 0) is 40.4 Å². The highest BCUT2D eigenvalue weighted by molar-refractivity contribution is 9.10. The Kier molecular flexibility index (Phi) is 2.39.